The van der Waals surface area contributed by atoms with Crippen LogP contribution >= 0.6 is 0 Å². The van der Waals surface area contributed by atoms with E-state index in [1.165, 1.54) is 7.11 Å². The lowest BCUT2D eigenvalue weighted by Crippen LogP contribution is -2.49. The van der Waals surface area contributed by atoms with E-state index in [0.717, 1.165) is 13.1 Å². The third-order valence-electron chi connectivity index (χ3n) is 4.15. The maximum absolute atomic E-state index is 12.6. The molecule has 1 aliphatic heterocycles. The molecule has 7 heteroatoms. The molecule has 24 heavy (non-hydrogen) atoms. The van der Waals surface area contributed by atoms with Crippen molar-refractivity contribution in [2.24, 2.45) is 0 Å². The fraction of sp³-hybridized carbons (Fsp3) is 0.529. The van der Waals surface area contributed by atoms with E-state index in [1.807, 2.05) is 4.90 Å². The predicted octanol–water partition coefficient (Wildman–Crippen LogP) is 1.02. The molecule has 1 aromatic rings. The van der Waals surface area contributed by atoms with Gasteiger partial charge in [-0.3, -0.25) is 14.5 Å². The highest BCUT2D eigenvalue weighted by atomic mass is 16.5. The zero-order valence-electron chi connectivity index (χ0n) is 14.4. The summed E-state index contributed by atoms with van der Waals surface area (Å²) in [6, 6.07) is 5.18. The van der Waals surface area contributed by atoms with Gasteiger partial charge >= 0.3 is 5.97 Å². The molecule has 1 amide bonds. The molecular weight excluding hydrogens is 312 g/mol. The lowest BCUT2D eigenvalue weighted by Gasteiger charge is -2.34. The van der Waals surface area contributed by atoms with Crippen molar-refractivity contribution in [3.63, 3.8) is 0 Å². The fourth-order valence-corrected chi connectivity index (χ4v) is 2.68. The quantitative estimate of drug-likeness (QED) is 0.723. The van der Waals surface area contributed by atoms with Gasteiger partial charge in [0.15, 0.2) is 11.5 Å². The molecule has 1 aromatic carbocycles. The molecule has 0 saturated carbocycles. The number of ether oxygens (including phenoxy) is 3. The van der Waals surface area contributed by atoms with Crippen molar-refractivity contribution in [2.75, 3.05) is 54.1 Å². The number of benzene rings is 1. The van der Waals surface area contributed by atoms with Crippen LogP contribution in [-0.4, -0.2) is 75.7 Å². The molecule has 7 nitrogen and oxygen atoms in total. The minimum absolute atomic E-state index is 0.0245. The van der Waals surface area contributed by atoms with E-state index in [-0.39, 0.29) is 11.9 Å². The number of amides is 1. The SMILES string of the molecule is COC(=O)CCN1CCN(C(=O)c2ccc(OC)c(OC)c2)CC1. The monoisotopic (exact) mass is 336 g/mol. The highest BCUT2D eigenvalue weighted by Gasteiger charge is 2.23. The van der Waals surface area contributed by atoms with Gasteiger partial charge in [0.2, 0.25) is 0 Å². The van der Waals surface area contributed by atoms with Crippen LogP contribution in [0.25, 0.3) is 0 Å². The molecule has 0 N–H and O–H groups in total. The first kappa shape index (κ1) is 18.1. The second kappa shape index (κ2) is 8.54. The summed E-state index contributed by atoms with van der Waals surface area (Å²) in [6.07, 6.45) is 0.375. The summed E-state index contributed by atoms with van der Waals surface area (Å²) < 4.78 is 15.1. The zero-order valence-corrected chi connectivity index (χ0v) is 14.4. The van der Waals surface area contributed by atoms with Gasteiger partial charge in [-0.05, 0) is 18.2 Å². The maximum Gasteiger partial charge on any atom is 0.306 e. The topological polar surface area (TPSA) is 68.3 Å². The van der Waals surface area contributed by atoms with E-state index in [9.17, 15) is 9.59 Å². The van der Waals surface area contributed by atoms with Crippen molar-refractivity contribution in [1.82, 2.24) is 9.80 Å². The Morgan fingerprint density at radius 2 is 1.67 bits per heavy atom. The van der Waals surface area contributed by atoms with Crippen molar-refractivity contribution in [3.05, 3.63) is 23.8 Å². The third kappa shape index (κ3) is 4.38. The first-order valence-electron chi connectivity index (χ1n) is 7.89. The number of carbonyl (C=O) groups excluding carboxylic acids is 2. The Bertz CT molecular complexity index is 582. The lowest BCUT2D eigenvalue weighted by atomic mass is 10.1. The Balaban J connectivity index is 1.92. The van der Waals surface area contributed by atoms with Crippen LogP contribution in [0.4, 0.5) is 0 Å². The largest absolute Gasteiger partial charge is 0.493 e. The molecule has 0 spiro atoms. The normalized spacial score (nSPS) is 15.0. The first-order chi connectivity index (χ1) is 11.6. The summed E-state index contributed by atoms with van der Waals surface area (Å²) in [5.74, 6) is 0.907. The van der Waals surface area contributed by atoms with Crippen LogP contribution < -0.4 is 9.47 Å². The summed E-state index contributed by atoms with van der Waals surface area (Å²) in [5.41, 5.74) is 0.579. The Morgan fingerprint density at radius 3 is 2.25 bits per heavy atom. The van der Waals surface area contributed by atoms with Crippen LogP contribution in [-0.2, 0) is 9.53 Å². The molecule has 0 aliphatic carbocycles. The molecule has 1 fully saturated rings. The molecule has 0 unspecified atom stereocenters. The van der Waals surface area contributed by atoms with Gasteiger partial charge in [0, 0.05) is 38.3 Å². The van der Waals surface area contributed by atoms with E-state index in [0.29, 0.717) is 43.1 Å². The van der Waals surface area contributed by atoms with Gasteiger partial charge in [-0.2, -0.15) is 0 Å². The van der Waals surface area contributed by atoms with E-state index in [2.05, 4.69) is 9.64 Å². The second-order valence-corrected chi connectivity index (χ2v) is 5.53. The van der Waals surface area contributed by atoms with Crippen molar-refractivity contribution in [2.45, 2.75) is 6.42 Å². The Hall–Kier alpha value is -2.28. The van der Waals surface area contributed by atoms with Gasteiger partial charge in [-0.1, -0.05) is 0 Å². The molecule has 0 atom stereocenters. The van der Waals surface area contributed by atoms with Gasteiger partial charge in [0.05, 0.1) is 27.8 Å². The Kier molecular flexibility index (Phi) is 6.43. The first-order valence-corrected chi connectivity index (χ1v) is 7.89. The van der Waals surface area contributed by atoms with E-state index in [4.69, 9.17) is 9.47 Å². The van der Waals surface area contributed by atoms with Gasteiger partial charge in [0.25, 0.3) is 5.91 Å². The standard InChI is InChI=1S/C17H24N2O5/c1-22-14-5-4-13(12-15(14)23-2)17(21)19-10-8-18(9-11-19)7-6-16(20)24-3/h4-5,12H,6-11H2,1-3H3. The average Bonchev–Trinajstić information content (AvgIpc) is 2.65. The number of carbonyl (C=O) groups is 2. The minimum Gasteiger partial charge on any atom is -0.493 e. The number of nitrogens with zero attached hydrogens (tertiary/aromatic N) is 2. The minimum atomic E-state index is -0.209. The van der Waals surface area contributed by atoms with E-state index in [1.54, 1.807) is 32.4 Å². The number of methoxy groups -OCH3 is 3. The van der Waals surface area contributed by atoms with Crippen molar-refractivity contribution >= 4 is 11.9 Å². The van der Waals surface area contributed by atoms with E-state index >= 15 is 0 Å². The molecule has 1 saturated heterocycles. The molecule has 0 bridgehead atoms. The predicted molar refractivity (Wildman–Crippen MR) is 88.5 cm³/mol. The number of hydrogen-bond donors (Lipinski definition) is 0. The van der Waals surface area contributed by atoms with Crippen LogP contribution in [0.3, 0.4) is 0 Å². The lowest BCUT2D eigenvalue weighted by molar-refractivity contribution is -0.141. The maximum atomic E-state index is 12.6. The summed E-state index contributed by atoms with van der Waals surface area (Å²) in [5, 5.41) is 0. The number of rotatable bonds is 6. The number of esters is 1. The van der Waals surface area contributed by atoms with Crippen LogP contribution in [0.5, 0.6) is 11.5 Å². The molecular formula is C17H24N2O5. The van der Waals surface area contributed by atoms with E-state index < -0.39 is 0 Å². The zero-order chi connectivity index (χ0) is 17.5. The second-order valence-electron chi connectivity index (χ2n) is 5.53. The average molecular weight is 336 g/mol. The summed E-state index contributed by atoms with van der Waals surface area (Å²) in [6.45, 7) is 3.42. The Labute approximate surface area is 142 Å². The van der Waals surface area contributed by atoms with Crippen molar-refractivity contribution in [3.8, 4) is 11.5 Å². The van der Waals surface area contributed by atoms with Crippen LogP contribution in [0.15, 0.2) is 18.2 Å². The summed E-state index contributed by atoms with van der Waals surface area (Å²) in [4.78, 5) is 27.8. The highest BCUT2D eigenvalue weighted by Crippen LogP contribution is 2.28. The van der Waals surface area contributed by atoms with Gasteiger partial charge in [0.1, 0.15) is 0 Å². The Morgan fingerprint density at radius 1 is 1.00 bits per heavy atom. The molecule has 2 rings (SSSR count). The van der Waals surface area contributed by atoms with Gasteiger partial charge in [-0.25, -0.2) is 0 Å². The van der Waals surface area contributed by atoms with Crippen LogP contribution in [0.2, 0.25) is 0 Å². The third-order valence-corrected chi connectivity index (χ3v) is 4.15. The summed E-state index contributed by atoms with van der Waals surface area (Å²) >= 11 is 0. The van der Waals surface area contributed by atoms with Crippen molar-refractivity contribution < 1.29 is 23.8 Å². The van der Waals surface area contributed by atoms with Gasteiger partial charge < -0.3 is 19.1 Å². The molecule has 1 heterocycles. The summed E-state index contributed by atoms with van der Waals surface area (Å²) in [7, 11) is 4.50. The smallest absolute Gasteiger partial charge is 0.306 e. The molecule has 0 radical (unpaired) electrons. The number of hydrogen-bond acceptors (Lipinski definition) is 6. The fourth-order valence-electron chi connectivity index (χ4n) is 2.68. The van der Waals surface area contributed by atoms with Crippen molar-refractivity contribution in [1.29, 1.82) is 0 Å². The molecule has 1 aliphatic rings. The van der Waals surface area contributed by atoms with Crippen LogP contribution in [0.1, 0.15) is 16.8 Å². The molecule has 132 valence electrons. The highest BCUT2D eigenvalue weighted by molar-refractivity contribution is 5.95. The number of piperazine rings is 1. The van der Waals surface area contributed by atoms with Crippen LogP contribution in [0, 0.1) is 0 Å². The molecule has 0 aromatic heterocycles. The van der Waals surface area contributed by atoms with Gasteiger partial charge in [-0.15, -0.1) is 0 Å².